The molecule has 0 amide bonds. The Kier molecular flexibility index (Phi) is 4.25. The zero-order chi connectivity index (χ0) is 13.8. The van der Waals surface area contributed by atoms with Crippen LogP contribution in [0.5, 0.6) is 0 Å². The Balaban J connectivity index is 1.66. The van der Waals surface area contributed by atoms with Crippen LogP contribution in [0.1, 0.15) is 57.1 Å². The van der Waals surface area contributed by atoms with E-state index in [2.05, 4.69) is 54.4 Å². The lowest BCUT2D eigenvalue weighted by atomic mass is 9.79. The highest BCUT2D eigenvalue weighted by Gasteiger charge is 2.22. The molecule has 1 nitrogen and oxygen atoms in total. The molecule has 1 aromatic heterocycles. The summed E-state index contributed by atoms with van der Waals surface area (Å²) in [7, 11) is 0. The molecule has 2 aromatic rings. The van der Waals surface area contributed by atoms with Crippen LogP contribution in [0.4, 0.5) is 0 Å². The third-order valence-corrected chi connectivity index (χ3v) is 4.78. The third kappa shape index (κ3) is 2.98. The van der Waals surface area contributed by atoms with Gasteiger partial charge in [0.15, 0.2) is 0 Å². The zero-order valence-corrected chi connectivity index (χ0v) is 12.4. The van der Waals surface area contributed by atoms with Crippen LogP contribution in [-0.4, -0.2) is 4.98 Å². The van der Waals surface area contributed by atoms with Crippen molar-refractivity contribution in [2.45, 2.75) is 51.4 Å². The topological polar surface area (TPSA) is 15.8 Å². The van der Waals surface area contributed by atoms with Crippen molar-refractivity contribution in [3.05, 3.63) is 48.2 Å². The summed E-state index contributed by atoms with van der Waals surface area (Å²) in [5.41, 5.74) is 3.99. The summed E-state index contributed by atoms with van der Waals surface area (Å²) in [5, 5.41) is 0. The summed E-state index contributed by atoms with van der Waals surface area (Å²) in [6, 6.07) is 15.2. The van der Waals surface area contributed by atoms with Crippen molar-refractivity contribution in [2.24, 2.45) is 5.92 Å². The molecule has 1 saturated carbocycles. The van der Waals surface area contributed by atoms with E-state index in [1.807, 2.05) is 0 Å². The van der Waals surface area contributed by atoms with Gasteiger partial charge in [-0.1, -0.05) is 50.1 Å². The smallest absolute Gasteiger partial charge is 0.0456 e. The van der Waals surface area contributed by atoms with E-state index in [1.54, 1.807) is 0 Å². The Morgan fingerprint density at radius 2 is 1.70 bits per heavy atom. The molecule has 0 spiro atoms. The minimum atomic E-state index is 0.751. The van der Waals surface area contributed by atoms with Crippen molar-refractivity contribution < 1.29 is 0 Å². The summed E-state index contributed by atoms with van der Waals surface area (Å²) >= 11 is 0. The van der Waals surface area contributed by atoms with Gasteiger partial charge in [-0.05, 0) is 55.2 Å². The van der Waals surface area contributed by atoms with Crippen LogP contribution in [0.2, 0.25) is 0 Å². The normalized spacial score (nSPS) is 22.9. The second-order valence-electron chi connectivity index (χ2n) is 6.20. The van der Waals surface area contributed by atoms with E-state index in [4.69, 9.17) is 0 Å². The van der Waals surface area contributed by atoms with Crippen LogP contribution in [0.15, 0.2) is 42.5 Å². The molecule has 1 N–H and O–H groups in total. The number of nitrogens with one attached hydrogen (secondary N) is 1. The summed E-state index contributed by atoms with van der Waals surface area (Å²) in [5.74, 6) is 1.74. The molecule has 0 bridgehead atoms. The standard InChI is InChI=1S/C19H25N/c1-2-6-15-9-11-17(12-10-15)19-14-13-18(20-19)16-7-4-3-5-8-16/h3-5,7-8,13-15,17,20H,2,6,9-12H2,1H3. The molecule has 0 aliphatic heterocycles. The van der Waals surface area contributed by atoms with E-state index >= 15 is 0 Å². The summed E-state index contributed by atoms with van der Waals surface area (Å²) in [6.45, 7) is 2.31. The first-order valence-electron chi connectivity index (χ1n) is 8.11. The van der Waals surface area contributed by atoms with E-state index in [0.717, 1.165) is 11.8 Å². The molecule has 1 heteroatoms. The van der Waals surface area contributed by atoms with E-state index in [-0.39, 0.29) is 0 Å². The average molecular weight is 267 g/mol. The van der Waals surface area contributed by atoms with E-state index in [1.165, 1.54) is 55.5 Å². The molecule has 0 radical (unpaired) electrons. The van der Waals surface area contributed by atoms with Gasteiger partial charge in [0, 0.05) is 11.4 Å². The molecular formula is C19H25N. The number of benzene rings is 1. The van der Waals surface area contributed by atoms with Crippen molar-refractivity contribution in [1.82, 2.24) is 4.98 Å². The van der Waals surface area contributed by atoms with Gasteiger partial charge in [0.05, 0.1) is 0 Å². The molecular weight excluding hydrogens is 242 g/mol. The number of hydrogen-bond donors (Lipinski definition) is 1. The molecule has 20 heavy (non-hydrogen) atoms. The van der Waals surface area contributed by atoms with Crippen LogP contribution in [-0.2, 0) is 0 Å². The van der Waals surface area contributed by atoms with E-state index < -0.39 is 0 Å². The minimum Gasteiger partial charge on any atom is -0.358 e. The van der Waals surface area contributed by atoms with Gasteiger partial charge in [-0.15, -0.1) is 0 Å². The van der Waals surface area contributed by atoms with Crippen LogP contribution in [0.3, 0.4) is 0 Å². The van der Waals surface area contributed by atoms with Crippen LogP contribution in [0, 0.1) is 5.92 Å². The van der Waals surface area contributed by atoms with Gasteiger partial charge in [0.1, 0.15) is 0 Å². The van der Waals surface area contributed by atoms with Crippen molar-refractivity contribution in [3.8, 4) is 11.3 Å². The Bertz CT molecular complexity index is 518. The molecule has 1 fully saturated rings. The fourth-order valence-electron chi connectivity index (χ4n) is 3.61. The highest BCUT2D eigenvalue weighted by Crippen LogP contribution is 2.37. The van der Waals surface area contributed by atoms with Crippen molar-refractivity contribution in [3.63, 3.8) is 0 Å². The largest absolute Gasteiger partial charge is 0.358 e. The highest BCUT2D eigenvalue weighted by atomic mass is 14.7. The monoisotopic (exact) mass is 267 g/mol. The van der Waals surface area contributed by atoms with Crippen LogP contribution >= 0.6 is 0 Å². The number of aromatic amines is 1. The lowest BCUT2D eigenvalue weighted by Gasteiger charge is -2.27. The van der Waals surface area contributed by atoms with Gasteiger partial charge in [-0.3, -0.25) is 0 Å². The van der Waals surface area contributed by atoms with Gasteiger partial charge >= 0.3 is 0 Å². The molecule has 0 atom stereocenters. The van der Waals surface area contributed by atoms with Crippen LogP contribution in [0.25, 0.3) is 11.3 Å². The first-order chi connectivity index (χ1) is 9.86. The second kappa shape index (κ2) is 6.30. The lowest BCUT2D eigenvalue weighted by molar-refractivity contribution is 0.306. The van der Waals surface area contributed by atoms with Crippen molar-refractivity contribution >= 4 is 0 Å². The first-order valence-corrected chi connectivity index (χ1v) is 8.11. The number of hydrogen-bond acceptors (Lipinski definition) is 0. The van der Waals surface area contributed by atoms with Gasteiger partial charge in [0.2, 0.25) is 0 Å². The number of rotatable bonds is 4. The molecule has 3 rings (SSSR count). The SMILES string of the molecule is CCCC1CCC(c2ccc(-c3ccccc3)[nH]2)CC1. The first kappa shape index (κ1) is 13.5. The summed E-state index contributed by atoms with van der Waals surface area (Å²) in [4.78, 5) is 3.65. The molecule has 0 unspecified atom stereocenters. The maximum atomic E-state index is 3.65. The predicted molar refractivity (Wildman–Crippen MR) is 85.8 cm³/mol. The number of aromatic nitrogens is 1. The van der Waals surface area contributed by atoms with Gasteiger partial charge < -0.3 is 4.98 Å². The third-order valence-electron chi connectivity index (χ3n) is 4.78. The molecule has 0 saturated heterocycles. The quantitative estimate of drug-likeness (QED) is 0.725. The molecule has 1 heterocycles. The Morgan fingerprint density at radius 1 is 0.950 bits per heavy atom. The van der Waals surface area contributed by atoms with Gasteiger partial charge in [-0.25, -0.2) is 0 Å². The van der Waals surface area contributed by atoms with Crippen molar-refractivity contribution in [2.75, 3.05) is 0 Å². The molecule has 1 aliphatic rings. The second-order valence-corrected chi connectivity index (χ2v) is 6.20. The number of H-pyrrole nitrogens is 1. The maximum absolute atomic E-state index is 3.65. The Morgan fingerprint density at radius 3 is 2.40 bits per heavy atom. The summed E-state index contributed by atoms with van der Waals surface area (Å²) < 4.78 is 0. The minimum absolute atomic E-state index is 0.751. The fourth-order valence-corrected chi connectivity index (χ4v) is 3.61. The maximum Gasteiger partial charge on any atom is 0.0456 e. The predicted octanol–water partition coefficient (Wildman–Crippen LogP) is 5.76. The van der Waals surface area contributed by atoms with Crippen molar-refractivity contribution in [1.29, 1.82) is 0 Å². The van der Waals surface area contributed by atoms with Gasteiger partial charge in [-0.2, -0.15) is 0 Å². The molecule has 1 aromatic carbocycles. The van der Waals surface area contributed by atoms with Crippen LogP contribution < -0.4 is 0 Å². The fraction of sp³-hybridized carbons (Fsp3) is 0.474. The molecule has 106 valence electrons. The van der Waals surface area contributed by atoms with E-state index in [9.17, 15) is 0 Å². The van der Waals surface area contributed by atoms with Gasteiger partial charge in [0.25, 0.3) is 0 Å². The Labute approximate surface area is 122 Å². The highest BCUT2D eigenvalue weighted by molar-refractivity contribution is 5.59. The lowest BCUT2D eigenvalue weighted by Crippen LogP contribution is -2.13. The molecule has 1 aliphatic carbocycles. The zero-order valence-electron chi connectivity index (χ0n) is 12.4. The average Bonchev–Trinajstić information content (AvgIpc) is 2.99. The van der Waals surface area contributed by atoms with E-state index in [0.29, 0.717) is 0 Å². The summed E-state index contributed by atoms with van der Waals surface area (Å²) in [6.07, 6.45) is 8.32. The Hall–Kier alpha value is -1.50.